The Bertz CT molecular complexity index is 803. The number of amides is 1. The standard InChI is InChI=1S/C17H13ClN2O2/c18-16-8-6-14(10-19-16)20-17(21)11-22-15-7-5-12-3-1-2-4-13(12)9-15/h1-10H,11H2,(H,20,21). The van der Waals surface area contributed by atoms with E-state index in [-0.39, 0.29) is 12.5 Å². The molecule has 0 atom stereocenters. The van der Waals surface area contributed by atoms with Gasteiger partial charge in [0.15, 0.2) is 6.61 Å². The van der Waals surface area contributed by atoms with Crippen LogP contribution in [0.4, 0.5) is 5.69 Å². The maximum Gasteiger partial charge on any atom is 0.262 e. The summed E-state index contributed by atoms with van der Waals surface area (Å²) in [5, 5.41) is 5.27. The number of hydrogen-bond acceptors (Lipinski definition) is 3. The topological polar surface area (TPSA) is 51.2 Å². The smallest absolute Gasteiger partial charge is 0.262 e. The molecule has 0 aliphatic rings. The summed E-state index contributed by atoms with van der Waals surface area (Å²) >= 11 is 5.69. The zero-order chi connectivity index (χ0) is 15.4. The number of carbonyl (C=O) groups is 1. The maximum absolute atomic E-state index is 11.8. The Morgan fingerprint density at radius 3 is 2.68 bits per heavy atom. The molecule has 1 N–H and O–H groups in total. The number of nitrogens with zero attached hydrogens (tertiary/aromatic N) is 1. The van der Waals surface area contributed by atoms with E-state index in [2.05, 4.69) is 10.3 Å². The summed E-state index contributed by atoms with van der Waals surface area (Å²) in [4.78, 5) is 15.7. The molecule has 4 nitrogen and oxygen atoms in total. The van der Waals surface area contributed by atoms with Crippen molar-refractivity contribution in [1.29, 1.82) is 0 Å². The minimum absolute atomic E-state index is 0.0685. The maximum atomic E-state index is 11.8. The predicted molar refractivity (Wildman–Crippen MR) is 87.3 cm³/mol. The third-order valence-corrected chi connectivity index (χ3v) is 3.33. The van der Waals surface area contributed by atoms with Crippen molar-refractivity contribution in [3.05, 3.63) is 65.9 Å². The van der Waals surface area contributed by atoms with Gasteiger partial charge in [-0.05, 0) is 35.0 Å². The van der Waals surface area contributed by atoms with Crippen LogP contribution in [0.3, 0.4) is 0 Å². The van der Waals surface area contributed by atoms with E-state index < -0.39 is 0 Å². The van der Waals surface area contributed by atoms with Crippen LogP contribution < -0.4 is 10.1 Å². The van der Waals surface area contributed by atoms with Crippen molar-refractivity contribution in [3.63, 3.8) is 0 Å². The minimum atomic E-state index is -0.253. The lowest BCUT2D eigenvalue weighted by molar-refractivity contribution is -0.118. The molecule has 2 aromatic carbocycles. The lowest BCUT2D eigenvalue weighted by atomic mass is 10.1. The summed E-state index contributed by atoms with van der Waals surface area (Å²) in [6.45, 7) is -0.0685. The van der Waals surface area contributed by atoms with Crippen molar-refractivity contribution < 1.29 is 9.53 Å². The van der Waals surface area contributed by atoms with E-state index in [1.807, 2.05) is 42.5 Å². The first-order chi connectivity index (χ1) is 10.7. The van der Waals surface area contributed by atoms with Crippen LogP contribution in [-0.4, -0.2) is 17.5 Å². The highest BCUT2D eigenvalue weighted by atomic mass is 35.5. The number of ether oxygens (including phenoxy) is 1. The van der Waals surface area contributed by atoms with Gasteiger partial charge < -0.3 is 10.1 Å². The summed E-state index contributed by atoms with van der Waals surface area (Å²) in [5.41, 5.74) is 0.580. The zero-order valence-electron chi connectivity index (χ0n) is 11.6. The molecule has 1 heterocycles. The van der Waals surface area contributed by atoms with Crippen molar-refractivity contribution in [2.45, 2.75) is 0 Å². The number of hydrogen-bond donors (Lipinski definition) is 1. The van der Waals surface area contributed by atoms with Crippen LogP contribution in [-0.2, 0) is 4.79 Å². The van der Waals surface area contributed by atoms with Crippen LogP contribution in [0.15, 0.2) is 60.8 Å². The van der Waals surface area contributed by atoms with Gasteiger partial charge in [-0.3, -0.25) is 4.79 Å². The molecule has 22 heavy (non-hydrogen) atoms. The number of anilines is 1. The van der Waals surface area contributed by atoms with E-state index in [0.717, 1.165) is 10.8 Å². The van der Waals surface area contributed by atoms with Crippen LogP contribution in [0.2, 0.25) is 5.15 Å². The molecule has 5 heteroatoms. The fourth-order valence-corrected chi connectivity index (χ4v) is 2.16. The van der Waals surface area contributed by atoms with Gasteiger partial charge in [0.25, 0.3) is 5.91 Å². The normalized spacial score (nSPS) is 10.4. The van der Waals surface area contributed by atoms with Gasteiger partial charge in [-0.15, -0.1) is 0 Å². The fraction of sp³-hybridized carbons (Fsp3) is 0.0588. The first-order valence-corrected chi connectivity index (χ1v) is 7.11. The van der Waals surface area contributed by atoms with E-state index in [1.54, 1.807) is 12.1 Å². The van der Waals surface area contributed by atoms with E-state index in [1.165, 1.54) is 6.20 Å². The number of aromatic nitrogens is 1. The first kappa shape index (κ1) is 14.4. The Kier molecular flexibility index (Phi) is 4.21. The SMILES string of the molecule is O=C(COc1ccc2ccccc2c1)Nc1ccc(Cl)nc1. The highest BCUT2D eigenvalue weighted by Gasteiger charge is 2.04. The predicted octanol–water partition coefficient (Wildman–Crippen LogP) is 3.91. The molecule has 3 rings (SSSR count). The average molecular weight is 313 g/mol. The number of halogens is 1. The Morgan fingerprint density at radius 2 is 1.91 bits per heavy atom. The quantitative estimate of drug-likeness (QED) is 0.743. The second-order valence-electron chi connectivity index (χ2n) is 4.72. The zero-order valence-corrected chi connectivity index (χ0v) is 12.4. The van der Waals surface area contributed by atoms with Gasteiger partial charge in [0.2, 0.25) is 0 Å². The molecule has 3 aromatic rings. The lowest BCUT2D eigenvalue weighted by Crippen LogP contribution is -2.20. The van der Waals surface area contributed by atoms with Gasteiger partial charge in [-0.25, -0.2) is 4.98 Å². The second-order valence-corrected chi connectivity index (χ2v) is 5.10. The fourth-order valence-electron chi connectivity index (χ4n) is 2.05. The molecule has 110 valence electrons. The molecule has 1 aromatic heterocycles. The molecule has 0 spiro atoms. The molecule has 0 saturated heterocycles. The van der Waals surface area contributed by atoms with Crippen molar-refractivity contribution in [1.82, 2.24) is 4.98 Å². The highest BCUT2D eigenvalue weighted by molar-refractivity contribution is 6.29. The van der Waals surface area contributed by atoms with Gasteiger partial charge in [0.1, 0.15) is 10.9 Å². The lowest BCUT2D eigenvalue weighted by Gasteiger charge is -2.08. The number of fused-ring (bicyclic) bond motifs is 1. The second kappa shape index (κ2) is 6.45. The van der Waals surface area contributed by atoms with E-state index >= 15 is 0 Å². The van der Waals surface area contributed by atoms with Gasteiger partial charge in [0.05, 0.1) is 11.9 Å². The van der Waals surface area contributed by atoms with E-state index in [0.29, 0.717) is 16.6 Å². The molecule has 0 aliphatic carbocycles. The number of nitrogens with one attached hydrogen (secondary N) is 1. The number of pyridine rings is 1. The largest absolute Gasteiger partial charge is 0.484 e. The Balaban J connectivity index is 1.60. The van der Waals surface area contributed by atoms with Crippen LogP contribution >= 0.6 is 11.6 Å². The van der Waals surface area contributed by atoms with Crippen molar-refractivity contribution in [3.8, 4) is 5.75 Å². The van der Waals surface area contributed by atoms with Crippen molar-refractivity contribution in [2.75, 3.05) is 11.9 Å². The summed E-state index contributed by atoms with van der Waals surface area (Å²) in [7, 11) is 0. The van der Waals surface area contributed by atoms with E-state index in [4.69, 9.17) is 16.3 Å². The third-order valence-electron chi connectivity index (χ3n) is 3.10. The summed E-state index contributed by atoms with van der Waals surface area (Å²) in [6, 6.07) is 17.0. The molecule has 0 radical (unpaired) electrons. The van der Waals surface area contributed by atoms with Crippen LogP contribution in [0.1, 0.15) is 0 Å². The third kappa shape index (κ3) is 3.54. The summed E-state index contributed by atoms with van der Waals surface area (Å²) in [6.07, 6.45) is 1.50. The Hall–Kier alpha value is -2.59. The first-order valence-electron chi connectivity index (χ1n) is 6.74. The molecule has 1 amide bonds. The molecule has 0 saturated carbocycles. The van der Waals surface area contributed by atoms with Crippen LogP contribution in [0, 0.1) is 0 Å². The molecular formula is C17H13ClN2O2. The minimum Gasteiger partial charge on any atom is -0.484 e. The Morgan fingerprint density at radius 1 is 1.09 bits per heavy atom. The monoisotopic (exact) mass is 312 g/mol. The summed E-state index contributed by atoms with van der Waals surface area (Å²) < 4.78 is 5.51. The average Bonchev–Trinajstić information content (AvgIpc) is 2.55. The van der Waals surface area contributed by atoms with Gasteiger partial charge >= 0.3 is 0 Å². The van der Waals surface area contributed by atoms with Gasteiger partial charge in [-0.1, -0.05) is 41.9 Å². The molecule has 0 unspecified atom stereocenters. The Labute approximate surface area is 132 Å². The molecule has 0 aliphatic heterocycles. The molecule has 0 bridgehead atoms. The van der Waals surface area contributed by atoms with Crippen molar-refractivity contribution >= 4 is 34.0 Å². The van der Waals surface area contributed by atoms with Crippen molar-refractivity contribution in [2.24, 2.45) is 0 Å². The van der Waals surface area contributed by atoms with Gasteiger partial charge in [0, 0.05) is 0 Å². The number of rotatable bonds is 4. The van der Waals surface area contributed by atoms with Crippen LogP contribution in [0.25, 0.3) is 10.8 Å². The molecule has 0 fully saturated rings. The number of benzene rings is 2. The highest BCUT2D eigenvalue weighted by Crippen LogP contribution is 2.20. The van der Waals surface area contributed by atoms with E-state index in [9.17, 15) is 4.79 Å². The van der Waals surface area contributed by atoms with Gasteiger partial charge in [-0.2, -0.15) is 0 Å². The van der Waals surface area contributed by atoms with Crippen LogP contribution in [0.5, 0.6) is 5.75 Å². The number of carbonyl (C=O) groups excluding carboxylic acids is 1. The summed E-state index contributed by atoms with van der Waals surface area (Å²) in [5.74, 6) is 0.403. The molecular weight excluding hydrogens is 300 g/mol.